The summed E-state index contributed by atoms with van der Waals surface area (Å²) in [6.07, 6.45) is 14.9. The topological polar surface area (TPSA) is 110 Å². The third-order valence-corrected chi connectivity index (χ3v) is 15.4. The maximum atomic E-state index is 15.5. The smallest absolute Gasteiger partial charge is 0.239 e. The number of aliphatic hydroxyl groups excluding tert-OH is 2. The lowest BCUT2D eigenvalue weighted by Gasteiger charge is -2.60. The fourth-order valence-corrected chi connectivity index (χ4v) is 12.0. The molecule has 1 heterocycles. The predicted octanol–water partition coefficient (Wildman–Crippen LogP) is 12.4. The van der Waals surface area contributed by atoms with Crippen LogP contribution in [-0.4, -0.2) is 58.4 Å². The lowest BCUT2D eigenvalue weighted by atomic mass is 9.55. The van der Waals surface area contributed by atoms with E-state index in [0.29, 0.717) is 55.2 Å². The molecule has 6 unspecified atom stereocenters. The molecule has 1 amide bonds. The van der Waals surface area contributed by atoms with E-state index in [1.165, 1.54) is 18.9 Å². The normalized spacial score (nSPS) is 23.3. The number of allylic oxidation sites excluding steroid dienone is 1. The molecule has 4 aliphatic rings. The minimum absolute atomic E-state index is 0.0324. The van der Waals surface area contributed by atoms with Gasteiger partial charge in [0.2, 0.25) is 11.7 Å². The summed E-state index contributed by atoms with van der Waals surface area (Å²) < 4.78 is 36.3. The van der Waals surface area contributed by atoms with Crippen molar-refractivity contribution in [3.63, 3.8) is 0 Å². The fraction of sp³-hybridized carbons (Fsp3) is 0.433. The number of oxime groups is 1. The van der Waals surface area contributed by atoms with Crippen LogP contribution in [0.3, 0.4) is 0 Å². The maximum Gasteiger partial charge on any atom is 0.239 e. The molecule has 5 aromatic carbocycles. The van der Waals surface area contributed by atoms with Crippen molar-refractivity contribution in [2.45, 2.75) is 121 Å². The molecule has 0 spiro atoms. The first-order valence-corrected chi connectivity index (χ1v) is 25.8. The Balaban J connectivity index is 1.23. The molecular weight excluding hydrogens is 880 g/mol. The zero-order chi connectivity index (χ0) is 48.3. The minimum Gasteiger partial charge on any atom is -0.489 e. The van der Waals surface area contributed by atoms with Crippen LogP contribution in [0.2, 0.25) is 0 Å². The summed E-state index contributed by atoms with van der Waals surface area (Å²) in [5.74, 6) is -0.591. The SMILES string of the molecule is C=CCOC12Oc3ccc(OCc4ccccc4F)cc3C3C(CCCCO)C(CCCCO)C=C(C(=NOCc4ccccc4)CC1N(Cc1cccc4ccccc14)C(=O)CCC1CCCC1)C32. The van der Waals surface area contributed by atoms with E-state index in [0.717, 1.165) is 83.7 Å². The van der Waals surface area contributed by atoms with Crippen LogP contribution >= 0.6 is 0 Å². The average Bonchev–Trinajstić information content (AvgIpc) is 3.92. The van der Waals surface area contributed by atoms with Gasteiger partial charge in [0, 0.05) is 49.6 Å². The number of halogens is 1. The lowest BCUT2D eigenvalue weighted by molar-refractivity contribution is -0.258. The lowest BCUT2D eigenvalue weighted by Crippen LogP contribution is -2.70. The largest absolute Gasteiger partial charge is 0.489 e. The van der Waals surface area contributed by atoms with Crippen molar-refractivity contribution in [2.24, 2.45) is 28.8 Å². The highest BCUT2D eigenvalue weighted by molar-refractivity contribution is 6.03. The Labute approximate surface area is 413 Å². The zero-order valence-electron chi connectivity index (χ0n) is 40.4. The van der Waals surface area contributed by atoms with Crippen molar-refractivity contribution in [3.8, 4) is 11.5 Å². The van der Waals surface area contributed by atoms with Crippen molar-refractivity contribution >= 4 is 22.4 Å². The summed E-state index contributed by atoms with van der Waals surface area (Å²) in [6, 6.07) is 36.5. The van der Waals surface area contributed by atoms with Gasteiger partial charge in [-0.2, -0.15) is 0 Å². The summed E-state index contributed by atoms with van der Waals surface area (Å²) in [4.78, 5) is 24.0. The summed E-state index contributed by atoms with van der Waals surface area (Å²) in [6.45, 7) is 5.12. The molecule has 5 aromatic rings. The molecule has 368 valence electrons. The second-order valence-electron chi connectivity index (χ2n) is 19.8. The fourth-order valence-electron chi connectivity index (χ4n) is 12.0. The highest BCUT2D eigenvalue weighted by atomic mass is 19.1. The standard InChI is InChI=1S/C60H69FN2O7/c1-2-35-68-60-56(63(57(66)32-29-42-17-6-7-18-42)39-46-25-16-24-44-21-8-10-26-49(44)46)38-54(62-69-40-43-19-4-3-5-20-43)51-36-45(22-12-14-33-64)50(27-13-15-34-65)58(59(51)60)52-37-48(30-31-55(52)70-60)67-41-47-23-9-11-28-53(47)61/h2-5,8-11,16,19-21,23-26,28,30-31,36-37,42,45,50,56,58-59,64-65H,1,6-7,12-15,17-18,22,27,29,32-35,38-41H2. The first kappa shape index (κ1) is 49.2. The molecular formula is C60H69FN2O7. The third kappa shape index (κ3) is 10.9. The Morgan fingerprint density at radius 1 is 0.843 bits per heavy atom. The second-order valence-corrected chi connectivity index (χ2v) is 19.8. The van der Waals surface area contributed by atoms with Gasteiger partial charge in [-0.15, -0.1) is 6.58 Å². The molecule has 0 radical (unpaired) electrons. The maximum absolute atomic E-state index is 15.5. The molecule has 70 heavy (non-hydrogen) atoms. The van der Waals surface area contributed by atoms with Crippen molar-refractivity contribution in [1.82, 2.24) is 4.90 Å². The highest BCUT2D eigenvalue weighted by Gasteiger charge is 2.65. The molecule has 1 aliphatic heterocycles. The van der Waals surface area contributed by atoms with Crippen molar-refractivity contribution < 1.29 is 38.4 Å². The summed E-state index contributed by atoms with van der Waals surface area (Å²) in [5.41, 5.74) is 5.14. The number of carbonyl (C=O) groups excluding carboxylic acids is 1. The van der Waals surface area contributed by atoms with E-state index >= 15 is 4.79 Å². The summed E-state index contributed by atoms with van der Waals surface area (Å²) >= 11 is 0. The Morgan fingerprint density at radius 2 is 1.59 bits per heavy atom. The zero-order valence-corrected chi connectivity index (χ0v) is 40.4. The van der Waals surface area contributed by atoms with E-state index < -0.39 is 17.7 Å². The van der Waals surface area contributed by atoms with Crippen LogP contribution in [0.25, 0.3) is 10.8 Å². The molecule has 2 saturated carbocycles. The van der Waals surface area contributed by atoms with Crippen LogP contribution < -0.4 is 9.47 Å². The quantitative estimate of drug-likeness (QED) is 0.0381. The van der Waals surface area contributed by atoms with Crippen molar-refractivity contribution in [1.29, 1.82) is 0 Å². The highest BCUT2D eigenvalue weighted by Crippen LogP contribution is 2.62. The number of ether oxygens (including phenoxy) is 3. The van der Waals surface area contributed by atoms with Crippen molar-refractivity contribution in [3.05, 3.63) is 168 Å². The van der Waals surface area contributed by atoms with Gasteiger partial charge >= 0.3 is 0 Å². The molecule has 6 atom stereocenters. The molecule has 9 rings (SSSR count). The minimum atomic E-state index is -1.41. The Hall–Kier alpha value is -5.81. The van der Waals surface area contributed by atoms with E-state index in [1.54, 1.807) is 24.3 Å². The van der Waals surface area contributed by atoms with Gasteiger partial charge in [-0.1, -0.05) is 147 Å². The number of benzene rings is 5. The predicted molar refractivity (Wildman–Crippen MR) is 273 cm³/mol. The summed E-state index contributed by atoms with van der Waals surface area (Å²) in [7, 11) is 0. The van der Waals surface area contributed by atoms with Gasteiger partial charge in [0.1, 0.15) is 36.6 Å². The number of unbranched alkanes of at least 4 members (excludes halogenated alkanes) is 2. The number of fused-ring (bicyclic) bond motifs is 3. The number of carbonyl (C=O) groups is 1. The number of hydrogen-bond donors (Lipinski definition) is 2. The average molecular weight is 949 g/mol. The van der Waals surface area contributed by atoms with Crippen LogP contribution in [0, 0.1) is 29.5 Å². The number of amides is 1. The number of hydrogen-bond acceptors (Lipinski definition) is 8. The second kappa shape index (κ2) is 23.4. The van der Waals surface area contributed by atoms with Gasteiger partial charge in [0.05, 0.1) is 18.2 Å². The molecule has 2 N–H and O–H groups in total. The first-order chi connectivity index (χ1) is 34.4. The number of aliphatic hydroxyl groups is 2. The van der Waals surface area contributed by atoms with Gasteiger partial charge in [-0.3, -0.25) is 4.79 Å². The van der Waals surface area contributed by atoms with E-state index in [2.05, 4.69) is 55.1 Å². The summed E-state index contributed by atoms with van der Waals surface area (Å²) in [5, 5.41) is 27.4. The Morgan fingerprint density at radius 3 is 2.39 bits per heavy atom. The Kier molecular flexibility index (Phi) is 16.4. The van der Waals surface area contributed by atoms with Gasteiger partial charge in [0.25, 0.3) is 0 Å². The van der Waals surface area contributed by atoms with Gasteiger partial charge in [0.15, 0.2) is 0 Å². The first-order valence-electron chi connectivity index (χ1n) is 25.8. The van der Waals surface area contributed by atoms with Gasteiger partial charge < -0.3 is 34.2 Å². The number of rotatable bonds is 23. The van der Waals surface area contributed by atoms with Crippen LogP contribution in [0.5, 0.6) is 11.5 Å². The monoisotopic (exact) mass is 949 g/mol. The molecule has 9 nitrogen and oxygen atoms in total. The van der Waals surface area contributed by atoms with E-state index in [-0.39, 0.29) is 62.5 Å². The van der Waals surface area contributed by atoms with Gasteiger partial charge in [-0.25, -0.2) is 4.39 Å². The van der Waals surface area contributed by atoms with Crippen LogP contribution in [0.4, 0.5) is 4.39 Å². The third-order valence-electron chi connectivity index (χ3n) is 15.4. The molecule has 0 saturated heterocycles. The Bertz CT molecular complexity index is 2610. The van der Waals surface area contributed by atoms with E-state index in [1.807, 2.05) is 53.4 Å². The van der Waals surface area contributed by atoms with Gasteiger partial charge in [-0.05, 0) is 102 Å². The molecule has 0 aromatic heterocycles. The molecule has 0 bridgehead atoms. The number of nitrogens with zero attached hydrogens (tertiary/aromatic N) is 2. The van der Waals surface area contributed by atoms with E-state index in [4.69, 9.17) is 24.2 Å². The molecule has 2 fully saturated rings. The van der Waals surface area contributed by atoms with E-state index in [9.17, 15) is 14.6 Å². The molecule has 10 heteroatoms. The van der Waals surface area contributed by atoms with Crippen LogP contribution in [0.15, 0.2) is 145 Å². The van der Waals surface area contributed by atoms with Crippen molar-refractivity contribution in [2.75, 3.05) is 19.8 Å². The van der Waals surface area contributed by atoms with Crippen LogP contribution in [-0.2, 0) is 34.1 Å². The molecule has 3 aliphatic carbocycles. The van der Waals surface area contributed by atoms with Crippen LogP contribution in [0.1, 0.15) is 112 Å².